The van der Waals surface area contributed by atoms with Crippen LogP contribution in [-0.4, -0.2) is 29.1 Å². The fourth-order valence-electron chi connectivity index (χ4n) is 8.17. The van der Waals surface area contributed by atoms with Gasteiger partial charge in [0.25, 0.3) is 0 Å². The Labute approximate surface area is 191 Å². The van der Waals surface area contributed by atoms with Gasteiger partial charge in [0.1, 0.15) is 0 Å². The van der Waals surface area contributed by atoms with Crippen LogP contribution in [0.4, 0.5) is 0 Å². The molecule has 1 N–H and O–H groups in total. The zero-order valence-electron chi connectivity index (χ0n) is 19.6. The SMILES string of the molecule is CC(=O)NCCSC(=O)[C@@H](C)[C@H]1CC[C@@H]2[C@@H]3CC[C@@H]4CC(=O)C=C[C@]4(C)[C@H]3CC[C@@]21C. The third kappa shape index (κ3) is 4.05. The number of nitrogens with one attached hydrogen (secondary N) is 1. The summed E-state index contributed by atoms with van der Waals surface area (Å²) in [6.45, 7) is 9.12. The molecule has 8 atom stereocenters. The van der Waals surface area contributed by atoms with E-state index in [1.807, 2.05) is 6.08 Å². The van der Waals surface area contributed by atoms with Gasteiger partial charge in [-0.25, -0.2) is 0 Å². The highest BCUT2D eigenvalue weighted by Crippen LogP contribution is 2.67. The number of allylic oxidation sites excluding steroid dienone is 2. The van der Waals surface area contributed by atoms with E-state index in [1.54, 1.807) is 0 Å². The van der Waals surface area contributed by atoms with Gasteiger partial charge < -0.3 is 5.32 Å². The van der Waals surface area contributed by atoms with Gasteiger partial charge in [0.15, 0.2) is 10.9 Å². The minimum absolute atomic E-state index is 0.0374. The monoisotopic (exact) mass is 445 g/mol. The number of carbonyl (C=O) groups is 3. The molecule has 4 aliphatic carbocycles. The molecular formula is C26H39NO3S. The normalized spacial score (nSPS) is 42.3. The maximum atomic E-state index is 13.0. The largest absolute Gasteiger partial charge is 0.356 e. The molecule has 0 aromatic carbocycles. The van der Waals surface area contributed by atoms with Crippen LogP contribution in [0.15, 0.2) is 12.2 Å². The maximum Gasteiger partial charge on any atom is 0.216 e. The summed E-state index contributed by atoms with van der Waals surface area (Å²) < 4.78 is 0. The van der Waals surface area contributed by atoms with Crippen LogP contribution >= 0.6 is 11.8 Å². The molecule has 172 valence electrons. The van der Waals surface area contributed by atoms with Crippen molar-refractivity contribution in [3.05, 3.63) is 12.2 Å². The number of ketones is 1. The number of rotatable bonds is 5. The Morgan fingerprint density at radius 1 is 1.16 bits per heavy atom. The van der Waals surface area contributed by atoms with Gasteiger partial charge in [-0.1, -0.05) is 38.6 Å². The lowest BCUT2D eigenvalue weighted by Crippen LogP contribution is -2.52. The standard InChI is InChI=1S/C26H39NO3S/c1-16(24(30)31-14-13-27-17(2)28)21-7-8-22-20-6-5-18-15-19(29)9-11-25(18,3)23(20)10-12-26(21,22)4/h9,11,16,18,20-23H,5-8,10,12-15H2,1-4H3,(H,27,28)/t16-,18+,20-,21+,22+,23-,25-,26+/m0/s1. The van der Waals surface area contributed by atoms with Crippen molar-refractivity contribution in [2.75, 3.05) is 12.3 Å². The first-order valence-corrected chi connectivity index (χ1v) is 13.3. The van der Waals surface area contributed by atoms with Gasteiger partial charge in [0, 0.05) is 31.6 Å². The summed E-state index contributed by atoms with van der Waals surface area (Å²) in [4.78, 5) is 36.0. The molecule has 0 radical (unpaired) electrons. The molecule has 0 bridgehead atoms. The molecule has 4 nitrogen and oxygen atoms in total. The molecule has 0 heterocycles. The van der Waals surface area contributed by atoms with Crippen molar-refractivity contribution < 1.29 is 14.4 Å². The van der Waals surface area contributed by atoms with Gasteiger partial charge in [-0.3, -0.25) is 14.4 Å². The highest BCUT2D eigenvalue weighted by molar-refractivity contribution is 8.13. The quantitative estimate of drug-likeness (QED) is 0.603. The van der Waals surface area contributed by atoms with Crippen molar-refractivity contribution in [2.45, 2.75) is 72.6 Å². The van der Waals surface area contributed by atoms with Gasteiger partial charge in [-0.2, -0.15) is 0 Å². The first-order chi connectivity index (χ1) is 14.7. The molecular weight excluding hydrogens is 406 g/mol. The number of amides is 1. The highest BCUT2D eigenvalue weighted by atomic mass is 32.2. The van der Waals surface area contributed by atoms with Gasteiger partial charge in [0.05, 0.1) is 0 Å². The van der Waals surface area contributed by atoms with Crippen molar-refractivity contribution in [3.63, 3.8) is 0 Å². The van der Waals surface area contributed by atoms with Crippen molar-refractivity contribution in [2.24, 2.45) is 46.3 Å². The molecule has 31 heavy (non-hydrogen) atoms. The van der Waals surface area contributed by atoms with E-state index in [0.717, 1.165) is 18.8 Å². The van der Waals surface area contributed by atoms with Gasteiger partial charge in [0.2, 0.25) is 5.91 Å². The molecule has 0 aliphatic heterocycles. The molecule has 0 spiro atoms. The van der Waals surface area contributed by atoms with Crippen LogP contribution in [0.5, 0.6) is 0 Å². The first-order valence-electron chi connectivity index (χ1n) is 12.3. The molecule has 0 aromatic rings. The van der Waals surface area contributed by atoms with E-state index in [2.05, 4.69) is 32.2 Å². The van der Waals surface area contributed by atoms with Crippen LogP contribution in [0.1, 0.15) is 72.6 Å². The van der Waals surface area contributed by atoms with Gasteiger partial charge >= 0.3 is 0 Å². The van der Waals surface area contributed by atoms with Crippen molar-refractivity contribution in [1.29, 1.82) is 0 Å². The Morgan fingerprint density at radius 2 is 1.94 bits per heavy atom. The Balaban J connectivity index is 1.44. The summed E-state index contributed by atoms with van der Waals surface area (Å²) in [5, 5.41) is 3.08. The smallest absolute Gasteiger partial charge is 0.216 e. The molecule has 0 unspecified atom stereocenters. The Morgan fingerprint density at radius 3 is 2.68 bits per heavy atom. The zero-order chi connectivity index (χ0) is 22.4. The van der Waals surface area contributed by atoms with Crippen LogP contribution in [0, 0.1) is 46.3 Å². The predicted molar refractivity (Wildman–Crippen MR) is 125 cm³/mol. The average Bonchev–Trinajstić information content (AvgIpc) is 3.08. The van der Waals surface area contributed by atoms with Crippen LogP contribution in [0.3, 0.4) is 0 Å². The Kier molecular flexibility index (Phi) is 6.46. The summed E-state index contributed by atoms with van der Waals surface area (Å²) >= 11 is 1.39. The molecule has 3 saturated carbocycles. The molecule has 3 fully saturated rings. The van der Waals surface area contributed by atoms with Gasteiger partial charge in [-0.15, -0.1) is 0 Å². The molecule has 4 rings (SSSR count). The van der Waals surface area contributed by atoms with E-state index in [4.69, 9.17) is 0 Å². The highest BCUT2D eigenvalue weighted by Gasteiger charge is 2.60. The van der Waals surface area contributed by atoms with Crippen molar-refractivity contribution >= 4 is 28.6 Å². The maximum absolute atomic E-state index is 13.0. The average molecular weight is 446 g/mol. The molecule has 0 saturated heterocycles. The van der Waals surface area contributed by atoms with Crippen LogP contribution < -0.4 is 5.32 Å². The second-order valence-corrected chi connectivity index (χ2v) is 12.3. The molecule has 1 amide bonds. The second-order valence-electron chi connectivity index (χ2n) is 11.2. The van der Waals surface area contributed by atoms with Crippen LogP contribution in [0.2, 0.25) is 0 Å². The number of hydrogen-bond donors (Lipinski definition) is 1. The number of thioether (sulfide) groups is 1. The van der Waals surface area contributed by atoms with E-state index < -0.39 is 0 Å². The summed E-state index contributed by atoms with van der Waals surface area (Å²) in [6, 6.07) is 0. The van der Waals surface area contributed by atoms with Crippen LogP contribution in [-0.2, 0) is 14.4 Å². The summed E-state index contributed by atoms with van der Waals surface area (Å²) in [5.74, 6) is 4.12. The lowest BCUT2D eigenvalue weighted by molar-refractivity contribution is -0.124. The lowest BCUT2D eigenvalue weighted by atomic mass is 9.45. The van der Waals surface area contributed by atoms with E-state index in [9.17, 15) is 14.4 Å². The third-order valence-electron chi connectivity index (χ3n) is 9.81. The summed E-state index contributed by atoms with van der Waals surface area (Å²) in [7, 11) is 0. The van der Waals surface area contributed by atoms with E-state index in [0.29, 0.717) is 46.9 Å². The third-order valence-corrected chi connectivity index (χ3v) is 10.9. The molecule has 0 aromatic heterocycles. The molecule has 4 aliphatic rings. The topological polar surface area (TPSA) is 63.2 Å². The second kappa shape index (κ2) is 8.68. The van der Waals surface area contributed by atoms with Gasteiger partial charge in [-0.05, 0) is 85.0 Å². The van der Waals surface area contributed by atoms with Crippen molar-refractivity contribution in [3.8, 4) is 0 Å². The number of carbonyl (C=O) groups excluding carboxylic acids is 3. The van der Waals surface area contributed by atoms with Crippen molar-refractivity contribution in [1.82, 2.24) is 5.32 Å². The lowest BCUT2D eigenvalue weighted by Gasteiger charge is -2.59. The Hall–Kier alpha value is -1.10. The fourth-order valence-corrected chi connectivity index (χ4v) is 9.00. The number of hydrogen-bond acceptors (Lipinski definition) is 4. The molecule has 5 heteroatoms. The summed E-state index contributed by atoms with van der Waals surface area (Å²) in [5.41, 5.74) is 0.434. The van der Waals surface area contributed by atoms with E-state index in [1.165, 1.54) is 50.8 Å². The number of fused-ring (bicyclic) bond motifs is 5. The first kappa shape index (κ1) is 23.1. The minimum Gasteiger partial charge on any atom is -0.356 e. The minimum atomic E-state index is -0.0374. The van der Waals surface area contributed by atoms with E-state index in [-0.39, 0.29) is 22.7 Å². The fraction of sp³-hybridized carbons (Fsp3) is 0.808. The summed E-state index contributed by atoms with van der Waals surface area (Å²) in [6.07, 6.45) is 12.2. The Bertz CT molecular complexity index is 779. The van der Waals surface area contributed by atoms with Crippen LogP contribution in [0.25, 0.3) is 0 Å². The predicted octanol–water partition coefficient (Wildman–Crippen LogP) is 5.02. The zero-order valence-corrected chi connectivity index (χ0v) is 20.4. The van der Waals surface area contributed by atoms with E-state index >= 15 is 0 Å².